The molecule has 0 atom stereocenters. The Morgan fingerprint density at radius 2 is 1.88 bits per heavy atom. The number of ether oxygens (including phenoxy) is 1. The number of amides is 1. The summed E-state index contributed by atoms with van der Waals surface area (Å²) in [5, 5.41) is 11.1. The van der Waals surface area contributed by atoms with Crippen molar-refractivity contribution in [1.29, 1.82) is 0 Å². The topological polar surface area (TPSA) is 88.8 Å². The number of hydrogen-bond acceptors (Lipinski definition) is 6. The van der Waals surface area contributed by atoms with Gasteiger partial charge < -0.3 is 14.5 Å². The third kappa shape index (κ3) is 4.29. The zero-order valence-electron chi connectivity index (χ0n) is 13.9. The van der Waals surface area contributed by atoms with Gasteiger partial charge in [0.2, 0.25) is 5.82 Å². The first kappa shape index (κ1) is 18.1. The molecule has 0 saturated carbocycles. The van der Waals surface area contributed by atoms with Gasteiger partial charge in [0.15, 0.2) is 6.61 Å². The van der Waals surface area contributed by atoms with Crippen LogP contribution < -0.4 is 9.64 Å². The summed E-state index contributed by atoms with van der Waals surface area (Å²) in [5.74, 6) is 0.864. The van der Waals surface area contributed by atoms with Crippen LogP contribution in [0, 0.1) is 10.1 Å². The Balaban J connectivity index is 1.54. The third-order valence-electron chi connectivity index (χ3n) is 4.07. The van der Waals surface area contributed by atoms with Gasteiger partial charge >= 0.3 is 5.69 Å². The monoisotopic (exact) mass is 420 g/mol. The molecule has 0 aliphatic carbocycles. The van der Waals surface area contributed by atoms with E-state index < -0.39 is 4.92 Å². The molecule has 2 heterocycles. The van der Waals surface area contributed by atoms with E-state index in [4.69, 9.17) is 4.74 Å². The maximum atomic E-state index is 12.3. The van der Waals surface area contributed by atoms with E-state index in [1.54, 1.807) is 23.1 Å². The molecule has 1 fully saturated rings. The van der Waals surface area contributed by atoms with Crippen molar-refractivity contribution in [1.82, 2.24) is 9.88 Å². The van der Waals surface area contributed by atoms with Crippen molar-refractivity contribution in [3.63, 3.8) is 0 Å². The van der Waals surface area contributed by atoms with Crippen molar-refractivity contribution in [2.45, 2.75) is 0 Å². The van der Waals surface area contributed by atoms with Crippen molar-refractivity contribution >= 4 is 33.3 Å². The second-order valence-electron chi connectivity index (χ2n) is 5.71. The first-order valence-electron chi connectivity index (χ1n) is 8.05. The van der Waals surface area contributed by atoms with Crippen LogP contribution in [-0.2, 0) is 4.79 Å². The van der Waals surface area contributed by atoms with Crippen LogP contribution in [0.3, 0.4) is 0 Å². The molecule has 1 amide bonds. The molecule has 0 unspecified atom stereocenters. The number of carbonyl (C=O) groups excluding carboxylic acids is 1. The summed E-state index contributed by atoms with van der Waals surface area (Å²) in [6, 6.07) is 10.2. The Labute approximate surface area is 158 Å². The van der Waals surface area contributed by atoms with Gasteiger partial charge in [-0.1, -0.05) is 15.9 Å². The van der Waals surface area contributed by atoms with Gasteiger partial charge in [0.1, 0.15) is 5.75 Å². The fourth-order valence-corrected chi connectivity index (χ4v) is 2.97. The standard InChI is InChI=1S/C17H17BrN4O4/c18-13-3-5-14(6-4-13)26-12-16(23)20-8-10-21(11-9-20)17-15(22(24)25)2-1-7-19-17/h1-7H,8-12H2. The number of carbonyl (C=O) groups is 1. The number of nitro groups is 1. The highest BCUT2D eigenvalue weighted by Crippen LogP contribution is 2.25. The average molecular weight is 421 g/mol. The number of benzene rings is 1. The first-order chi connectivity index (χ1) is 12.5. The van der Waals surface area contributed by atoms with Crippen molar-refractivity contribution in [3.8, 4) is 5.75 Å². The predicted molar refractivity (Wildman–Crippen MR) is 99.3 cm³/mol. The van der Waals surface area contributed by atoms with Crippen LogP contribution in [0.4, 0.5) is 11.5 Å². The zero-order valence-corrected chi connectivity index (χ0v) is 15.5. The van der Waals surface area contributed by atoms with Gasteiger partial charge in [-0.15, -0.1) is 0 Å². The Hall–Kier alpha value is -2.68. The average Bonchev–Trinajstić information content (AvgIpc) is 2.67. The van der Waals surface area contributed by atoms with Crippen LogP contribution in [0.1, 0.15) is 0 Å². The molecular weight excluding hydrogens is 404 g/mol. The van der Waals surface area contributed by atoms with E-state index in [2.05, 4.69) is 20.9 Å². The fourth-order valence-electron chi connectivity index (χ4n) is 2.71. The molecule has 0 spiro atoms. The van der Waals surface area contributed by atoms with Crippen LogP contribution in [0.5, 0.6) is 5.75 Å². The molecule has 9 heteroatoms. The predicted octanol–water partition coefficient (Wildman–Crippen LogP) is 2.48. The van der Waals surface area contributed by atoms with Gasteiger partial charge in [-0.2, -0.15) is 0 Å². The fraction of sp³-hybridized carbons (Fsp3) is 0.294. The molecule has 1 aliphatic rings. The summed E-state index contributed by atoms with van der Waals surface area (Å²) in [6.07, 6.45) is 1.53. The number of piperazine rings is 1. The minimum absolute atomic E-state index is 0.0224. The number of nitrogens with zero attached hydrogens (tertiary/aromatic N) is 4. The van der Waals surface area contributed by atoms with E-state index in [9.17, 15) is 14.9 Å². The molecule has 1 aromatic heterocycles. The number of aromatic nitrogens is 1. The van der Waals surface area contributed by atoms with Crippen LogP contribution >= 0.6 is 15.9 Å². The molecule has 1 saturated heterocycles. The van der Waals surface area contributed by atoms with Crippen molar-refractivity contribution in [2.75, 3.05) is 37.7 Å². The van der Waals surface area contributed by atoms with E-state index in [-0.39, 0.29) is 18.2 Å². The summed E-state index contributed by atoms with van der Waals surface area (Å²) < 4.78 is 6.45. The van der Waals surface area contributed by atoms with Gasteiger partial charge in [-0.3, -0.25) is 14.9 Å². The van der Waals surface area contributed by atoms with Crippen LogP contribution in [-0.4, -0.2) is 53.5 Å². The van der Waals surface area contributed by atoms with Gasteiger partial charge in [0, 0.05) is 42.9 Å². The number of anilines is 1. The van der Waals surface area contributed by atoms with Gasteiger partial charge in [-0.25, -0.2) is 4.98 Å². The van der Waals surface area contributed by atoms with Crippen molar-refractivity contribution in [2.24, 2.45) is 0 Å². The summed E-state index contributed by atoms with van der Waals surface area (Å²) in [4.78, 5) is 30.7. The first-order valence-corrected chi connectivity index (χ1v) is 8.84. The van der Waals surface area contributed by atoms with E-state index in [1.807, 2.05) is 17.0 Å². The van der Waals surface area contributed by atoms with Crippen LogP contribution in [0.25, 0.3) is 0 Å². The molecule has 0 N–H and O–H groups in total. The molecule has 0 bridgehead atoms. The second kappa shape index (κ2) is 8.13. The lowest BCUT2D eigenvalue weighted by molar-refractivity contribution is -0.384. The lowest BCUT2D eigenvalue weighted by Crippen LogP contribution is -2.50. The quantitative estimate of drug-likeness (QED) is 0.545. The Morgan fingerprint density at radius 1 is 1.19 bits per heavy atom. The number of halogens is 1. The minimum Gasteiger partial charge on any atom is -0.484 e. The van der Waals surface area contributed by atoms with E-state index in [0.717, 1.165) is 4.47 Å². The van der Waals surface area contributed by atoms with Gasteiger partial charge in [0.05, 0.1) is 4.92 Å². The molecule has 1 aromatic carbocycles. The van der Waals surface area contributed by atoms with Crippen molar-refractivity contribution < 1.29 is 14.5 Å². The van der Waals surface area contributed by atoms with Gasteiger partial charge in [0.25, 0.3) is 5.91 Å². The molecule has 136 valence electrons. The number of pyridine rings is 1. The van der Waals surface area contributed by atoms with Crippen LogP contribution in [0.15, 0.2) is 47.1 Å². The molecule has 26 heavy (non-hydrogen) atoms. The van der Waals surface area contributed by atoms with E-state index >= 15 is 0 Å². The Morgan fingerprint density at radius 3 is 2.54 bits per heavy atom. The lowest BCUT2D eigenvalue weighted by Gasteiger charge is -2.35. The highest BCUT2D eigenvalue weighted by Gasteiger charge is 2.26. The summed E-state index contributed by atoms with van der Waals surface area (Å²) >= 11 is 3.34. The molecule has 2 aromatic rings. The molecule has 8 nitrogen and oxygen atoms in total. The summed E-state index contributed by atoms with van der Waals surface area (Å²) in [7, 11) is 0. The molecular formula is C17H17BrN4O4. The maximum Gasteiger partial charge on any atom is 0.311 e. The zero-order chi connectivity index (χ0) is 18.5. The lowest BCUT2D eigenvalue weighted by atomic mass is 10.2. The molecule has 0 radical (unpaired) electrons. The minimum atomic E-state index is -0.439. The van der Waals surface area contributed by atoms with Crippen molar-refractivity contribution in [3.05, 3.63) is 57.2 Å². The second-order valence-corrected chi connectivity index (χ2v) is 6.63. The number of hydrogen-bond donors (Lipinski definition) is 0. The van der Waals surface area contributed by atoms with E-state index in [0.29, 0.717) is 37.7 Å². The maximum absolute atomic E-state index is 12.3. The third-order valence-corrected chi connectivity index (χ3v) is 4.60. The highest BCUT2D eigenvalue weighted by molar-refractivity contribution is 9.10. The van der Waals surface area contributed by atoms with Gasteiger partial charge in [-0.05, 0) is 30.3 Å². The largest absolute Gasteiger partial charge is 0.484 e. The van der Waals surface area contributed by atoms with E-state index in [1.165, 1.54) is 12.3 Å². The Bertz CT molecular complexity index is 792. The summed E-state index contributed by atoms with van der Waals surface area (Å²) in [6.45, 7) is 1.88. The number of rotatable bonds is 5. The summed E-state index contributed by atoms with van der Waals surface area (Å²) in [5.41, 5.74) is -0.0224. The van der Waals surface area contributed by atoms with Crippen LogP contribution in [0.2, 0.25) is 0 Å². The normalized spacial score (nSPS) is 14.2. The molecule has 1 aliphatic heterocycles. The SMILES string of the molecule is O=C(COc1ccc(Br)cc1)N1CCN(c2ncccc2[N+](=O)[O-])CC1. The highest BCUT2D eigenvalue weighted by atomic mass is 79.9. The Kier molecular flexibility index (Phi) is 5.67. The molecule has 3 rings (SSSR count). The smallest absolute Gasteiger partial charge is 0.311 e.